The molecule has 7 heteroatoms. The highest BCUT2D eigenvalue weighted by molar-refractivity contribution is 5.80. The molecule has 0 heterocycles. The minimum Gasteiger partial charge on any atom is -0.452 e. The molecule has 0 spiro atoms. The fourth-order valence-corrected chi connectivity index (χ4v) is 1.51. The van der Waals surface area contributed by atoms with Crippen molar-refractivity contribution in [2.24, 2.45) is 11.8 Å². The highest BCUT2D eigenvalue weighted by Gasteiger charge is 2.19. The Balaban J connectivity index is 4.34. The van der Waals surface area contributed by atoms with Gasteiger partial charge < -0.3 is 4.74 Å². The molecule has 0 aliphatic rings. The van der Waals surface area contributed by atoms with E-state index in [1.165, 1.54) is 12.1 Å². The summed E-state index contributed by atoms with van der Waals surface area (Å²) in [6.45, 7) is 8.58. The maximum atomic E-state index is 11.7. The number of carbonyl (C=O) groups excluding carboxylic acids is 2. The second kappa shape index (κ2) is 8.71. The molecule has 2 amide bonds. The summed E-state index contributed by atoms with van der Waals surface area (Å²) >= 11 is 0. The average molecular weight is 273 g/mol. The predicted octanol–water partition coefficient (Wildman–Crippen LogP) is 0.898. The quantitative estimate of drug-likeness (QED) is 0.728. The van der Waals surface area contributed by atoms with Crippen molar-refractivity contribution in [1.29, 1.82) is 0 Å². The Labute approximate surface area is 115 Å². The third kappa shape index (κ3) is 8.39. The van der Waals surface area contributed by atoms with Crippen molar-refractivity contribution >= 4 is 12.0 Å². The van der Waals surface area contributed by atoms with Gasteiger partial charge in [-0.05, 0) is 11.8 Å². The number of carbonyl (C=O) groups is 2. The fourth-order valence-electron chi connectivity index (χ4n) is 1.51. The molecular weight excluding hydrogens is 248 g/mol. The molecule has 0 aromatic carbocycles. The zero-order valence-electron chi connectivity index (χ0n) is 12.4. The van der Waals surface area contributed by atoms with Crippen molar-refractivity contribution in [3.8, 4) is 0 Å². The van der Waals surface area contributed by atoms with Crippen molar-refractivity contribution < 1.29 is 14.3 Å². The van der Waals surface area contributed by atoms with Gasteiger partial charge in [0.2, 0.25) is 0 Å². The van der Waals surface area contributed by atoms with Gasteiger partial charge in [0.15, 0.2) is 0 Å². The van der Waals surface area contributed by atoms with E-state index in [9.17, 15) is 9.59 Å². The lowest BCUT2D eigenvalue weighted by molar-refractivity contribution is -0.127. The van der Waals surface area contributed by atoms with E-state index >= 15 is 0 Å². The van der Waals surface area contributed by atoms with Crippen LogP contribution in [0.4, 0.5) is 4.79 Å². The van der Waals surface area contributed by atoms with Gasteiger partial charge in [-0.3, -0.25) is 10.2 Å². The predicted molar refractivity (Wildman–Crippen MR) is 71.6 cm³/mol. The van der Waals surface area contributed by atoms with Crippen LogP contribution in [0.15, 0.2) is 0 Å². The van der Waals surface area contributed by atoms with Crippen molar-refractivity contribution in [2.45, 2.75) is 27.7 Å². The lowest BCUT2D eigenvalue weighted by Gasteiger charge is -2.25. The average Bonchev–Trinajstić information content (AvgIpc) is 2.24. The van der Waals surface area contributed by atoms with E-state index in [1.54, 1.807) is 0 Å². The molecule has 0 aromatic rings. The first-order valence-corrected chi connectivity index (χ1v) is 6.37. The van der Waals surface area contributed by atoms with Crippen molar-refractivity contribution in [2.75, 3.05) is 26.7 Å². The Morgan fingerprint density at radius 3 is 2.11 bits per heavy atom. The number of amides is 2. The Morgan fingerprint density at radius 1 is 1.16 bits per heavy atom. The smallest absolute Gasteiger partial charge is 0.428 e. The van der Waals surface area contributed by atoms with E-state index < -0.39 is 12.0 Å². The fraction of sp³-hybridized carbons (Fsp3) is 0.833. The molecule has 0 aliphatic heterocycles. The van der Waals surface area contributed by atoms with Crippen LogP contribution in [-0.4, -0.2) is 48.8 Å². The van der Waals surface area contributed by atoms with Crippen molar-refractivity contribution in [3.05, 3.63) is 0 Å². The summed E-state index contributed by atoms with van der Waals surface area (Å²) in [7, 11) is 1.26. The van der Waals surface area contributed by atoms with Crippen LogP contribution in [0, 0.1) is 11.8 Å². The third-order valence-corrected chi connectivity index (χ3v) is 2.12. The Hall–Kier alpha value is -1.34. The molecule has 111 valence electrons. The number of ether oxygens (including phenoxy) is 1. The van der Waals surface area contributed by atoms with Crippen LogP contribution in [0.1, 0.15) is 27.7 Å². The molecule has 19 heavy (non-hydrogen) atoms. The van der Waals surface area contributed by atoms with Crippen LogP contribution in [0.2, 0.25) is 0 Å². The number of rotatable bonds is 6. The molecule has 2 N–H and O–H groups in total. The zero-order chi connectivity index (χ0) is 15.0. The van der Waals surface area contributed by atoms with Gasteiger partial charge in [0.25, 0.3) is 5.91 Å². The van der Waals surface area contributed by atoms with Crippen LogP contribution in [-0.2, 0) is 9.53 Å². The summed E-state index contributed by atoms with van der Waals surface area (Å²) in [6, 6.07) is 0. The maximum Gasteiger partial charge on any atom is 0.428 e. The summed E-state index contributed by atoms with van der Waals surface area (Å²) in [5.41, 5.74) is 2.46. The van der Waals surface area contributed by atoms with E-state index in [0.29, 0.717) is 19.0 Å². The monoisotopic (exact) mass is 273 g/mol. The largest absolute Gasteiger partial charge is 0.452 e. The van der Waals surface area contributed by atoms with E-state index in [0.717, 1.165) is 5.01 Å². The molecular formula is C12H25N4O3. The second-order valence-corrected chi connectivity index (χ2v) is 5.28. The molecule has 0 rings (SSSR count). The molecule has 0 saturated heterocycles. The summed E-state index contributed by atoms with van der Waals surface area (Å²) in [4.78, 5) is 23.2. The molecule has 0 atom stereocenters. The summed E-state index contributed by atoms with van der Waals surface area (Å²) < 4.78 is 4.60. The molecule has 0 bridgehead atoms. The van der Waals surface area contributed by atoms with Gasteiger partial charge in [-0.2, -0.15) is 5.84 Å². The Kier molecular flexibility index (Phi) is 8.09. The first-order valence-electron chi connectivity index (χ1n) is 6.37. The van der Waals surface area contributed by atoms with Crippen LogP contribution in [0.5, 0.6) is 0 Å². The number of nitrogens with zero attached hydrogens (tertiary/aromatic N) is 2. The maximum absolute atomic E-state index is 11.7. The summed E-state index contributed by atoms with van der Waals surface area (Å²) in [5.74, 6) is 7.71. The highest BCUT2D eigenvalue weighted by atomic mass is 16.5. The van der Waals surface area contributed by atoms with Crippen molar-refractivity contribution in [3.63, 3.8) is 0 Å². The SMILES string of the molecule is COC(=O)N(CC(C)C)NC(=O)CN([NH])CC(C)C. The van der Waals surface area contributed by atoms with Gasteiger partial charge in [-0.1, -0.05) is 27.7 Å². The topological polar surface area (TPSA) is 85.7 Å². The lowest BCUT2D eigenvalue weighted by Crippen LogP contribution is -2.51. The molecule has 0 aliphatic carbocycles. The third-order valence-electron chi connectivity index (χ3n) is 2.12. The molecule has 0 fully saturated rings. The molecule has 0 aromatic heterocycles. The molecule has 1 radical (unpaired) electrons. The normalized spacial score (nSPS) is 11.0. The van der Waals surface area contributed by atoms with Gasteiger partial charge in [-0.15, -0.1) is 0 Å². The van der Waals surface area contributed by atoms with E-state index in [-0.39, 0.29) is 12.5 Å². The first kappa shape index (κ1) is 17.7. The van der Waals surface area contributed by atoms with Gasteiger partial charge in [0.05, 0.1) is 13.7 Å². The van der Waals surface area contributed by atoms with Gasteiger partial charge >= 0.3 is 6.09 Å². The number of methoxy groups -OCH3 is 1. The second-order valence-electron chi connectivity index (χ2n) is 5.28. The van der Waals surface area contributed by atoms with Crippen molar-refractivity contribution in [1.82, 2.24) is 21.3 Å². The number of nitrogens with one attached hydrogen (secondary N) is 2. The first-order chi connectivity index (χ1) is 8.76. The number of hydrogen-bond acceptors (Lipinski definition) is 4. The van der Waals surface area contributed by atoms with Crippen LogP contribution in [0.25, 0.3) is 0 Å². The lowest BCUT2D eigenvalue weighted by atomic mass is 10.2. The number of hydrazine groups is 1. The highest BCUT2D eigenvalue weighted by Crippen LogP contribution is 1.99. The minimum absolute atomic E-state index is 0.0796. The minimum atomic E-state index is -0.609. The Bertz CT molecular complexity index is 295. The summed E-state index contributed by atoms with van der Waals surface area (Å²) in [5, 5.41) is 2.31. The standard InChI is InChI=1S/C12H25N4O3/c1-9(2)6-15(13)8-11(17)14-16(7-10(3)4)12(18)19-5/h9-10,13H,6-8H2,1-5H3,(H,14,17). The molecule has 7 nitrogen and oxygen atoms in total. The van der Waals surface area contributed by atoms with Crippen LogP contribution >= 0.6 is 0 Å². The van der Waals surface area contributed by atoms with Crippen LogP contribution in [0.3, 0.4) is 0 Å². The van der Waals surface area contributed by atoms with E-state index in [2.05, 4.69) is 10.2 Å². The number of hydrogen-bond donors (Lipinski definition) is 1. The molecule has 0 saturated carbocycles. The van der Waals surface area contributed by atoms with E-state index in [4.69, 9.17) is 5.84 Å². The van der Waals surface area contributed by atoms with E-state index in [1.807, 2.05) is 27.7 Å². The zero-order valence-corrected chi connectivity index (χ0v) is 12.4. The summed E-state index contributed by atoms with van der Waals surface area (Å²) in [6.07, 6.45) is -0.609. The molecule has 0 unspecified atom stereocenters. The Morgan fingerprint density at radius 2 is 1.68 bits per heavy atom. The van der Waals surface area contributed by atoms with Gasteiger partial charge in [0.1, 0.15) is 0 Å². The van der Waals surface area contributed by atoms with Crippen LogP contribution < -0.4 is 11.3 Å². The van der Waals surface area contributed by atoms with Gasteiger partial charge in [0, 0.05) is 13.1 Å². The van der Waals surface area contributed by atoms with Gasteiger partial charge in [-0.25, -0.2) is 14.8 Å².